The zero-order chi connectivity index (χ0) is 12.4. The lowest BCUT2D eigenvalue weighted by atomic mass is 9.85. The fourth-order valence-electron chi connectivity index (χ4n) is 2.00. The Morgan fingerprint density at radius 3 is 1.06 bits per heavy atom. The van der Waals surface area contributed by atoms with E-state index in [0.29, 0.717) is 10.8 Å². The van der Waals surface area contributed by atoms with Gasteiger partial charge in [-0.25, -0.2) is 0 Å². The first-order chi connectivity index (χ1) is 7.16. The first kappa shape index (κ1) is 16.2. The molecule has 0 unspecified atom stereocenters. The Balaban J connectivity index is 0.00000256. The molecule has 0 nitrogen and oxygen atoms in total. The van der Waals surface area contributed by atoms with E-state index in [9.17, 15) is 0 Å². The van der Waals surface area contributed by atoms with Crippen LogP contribution in [-0.4, -0.2) is 0 Å². The molecule has 0 fully saturated rings. The molecule has 1 rings (SSSR count). The van der Waals surface area contributed by atoms with Crippen molar-refractivity contribution in [3.05, 3.63) is 35.4 Å². The largest absolute Gasteiger partial charge is 0.0776 e. The van der Waals surface area contributed by atoms with Gasteiger partial charge in [-0.1, -0.05) is 73.2 Å². The molecule has 0 saturated heterocycles. The summed E-state index contributed by atoms with van der Waals surface area (Å²) in [7, 11) is 0. The van der Waals surface area contributed by atoms with E-state index in [4.69, 9.17) is 0 Å². The number of rotatable bonds is 2. The van der Waals surface area contributed by atoms with E-state index in [1.807, 2.05) is 0 Å². The lowest BCUT2D eigenvalue weighted by Gasteiger charge is -2.20. The molecule has 0 heterocycles. The average molecular weight is 234 g/mol. The van der Waals surface area contributed by atoms with Gasteiger partial charge in [0.1, 0.15) is 0 Å². The lowest BCUT2D eigenvalue weighted by molar-refractivity contribution is 0.407. The molecule has 0 aliphatic heterocycles. The summed E-state index contributed by atoms with van der Waals surface area (Å²) >= 11 is 0. The third-order valence-corrected chi connectivity index (χ3v) is 2.49. The van der Waals surface area contributed by atoms with Crippen molar-refractivity contribution in [2.45, 2.75) is 61.8 Å². The maximum absolute atomic E-state index is 2.29. The quantitative estimate of drug-likeness (QED) is 0.634. The summed E-state index contributed by atoms with van der Waals surface area (Å²) in [4.78, 5) is 0. The molecule has 0 aromatic heterocycles. The summed E-state index contributed by atoms with van der Waals surface area (Å²) in [5, 5.41) is 0. The van der Waals surface area contributed by atoms with Gasteiger partial charge in [0.25, 0.3) is 0 Å². The molecule has 0 aliphatic carbocycles. The zero-order valence-electron chi connectivity index (χ0n) is 11.7. The van der Waals surface area contributed by atoms with Crippen LogP contribution in [0.3, 0.4) is 0 Å². The Kier molecular flexibility index (Phi) is 5.45. The summed E-state index contributed by atoms with van der Waals surface area (Å²) in [5.74, 6) is 0. The monoisotopic (exact) mass is 234 g/mol. The smallest absolute Gasteiger partial charge is 0.0230 e. The van der Waals surface area contributed by atoms with Crippen molar-refractivity contribution in [3.63, 3.8) is 0 Å². The van der Waals surface area contributed by atoms with E-state index < -0.39 is 0 Å². The Hall–Kier alpha value is -0.780. The molecule has 1 aromatic rings. The fourth-order valence-corrected chi connectivity index (χ4v) is 2.00. The summed E-state index contributed by atoms with van der Waals surface area (Å²) in [5.41, 5.74) is 3.66. The minimum atomic E-state index is 0. The first-order valence-corrected chi connectivity index (χ1v) is 6.24. The molecule has 17 heavy (non-hydrogen) atoms. The van der Waals surface area contributed by atoms with Gasteiger partial charge in [0.15, 0.2) is 0 Å². The van der Waals surface area contributed by atoms with Gasteiger partial charge in [-0.15, -0.1) is 0 Å². The molecule has 0 bridgehead atoms. The summed E-state index contributed by atoms with van der Waals surface area (Å²) in [6.45, 7) is 13.7. The Bertz CT molecular complexity index is 282. The molecule has 0 spiro atoms. The van der Waals surface area contributed by atoms with Gasteiger partial charge in [-0.05, 0) is 34.8 Å². The second kappa shape index (κ2) is 5.71. The van der Waals surface area contributed by atoms with Crippen LogP contribution in [0.2, 0.25) is 0 Å². The predicted molar refractivity (Wildman–Crippen MR) is 79.5 cm³/mol. The van der Waals surface area contributed by atoms with Crippen molar-refractivity contribution >= 4 is 0 Å². The highest BCUT2D eigenvalue weighted by Crippen LogP contribution is 2.23. The van der Waals surface area contributed by atoms with Gasteiger partial charge in [0.2, 0.25) is 0 Å². The number of benzene rings is 1. The van der Waals surface area contributed by atoms with Crippen LogP contribution in [0, 0.1) is 10.8 Å². The number of hydrogen-bond donors (Lipinski definition) is 0. The van der Waals surface area contributed by atoms with Crippen molar-refractivity contribution < 1.29 is 0 Å². The van der Waals surface area contributed by atoms with Crippen LogP contribution < -0.4 is 0 Å². The first-order valence-electron chi connectivity index (χ1n) is 6.24. The van der Waals surface area contributed by atoms with Gasteiger partial charge in [-0.3, -0.25) is 0 Å². The van der Waals surface area contributed by atoms with E-state index >= 15 is 0 Å². The van der Waals surface area contributed by atoms with E-state index in [0.717, 1.165) is 12.8 Å². The maximum atomic E-state index is 2.29. The SMILES string of the molecule is C.CC(C)(C)Cc1ccc(CC(C)(C)C)cc1. The van der Waals surface area contributed by atoms with Crippen LogP contribution in [0.1, 0.15) is 60.1 Å². The van der Waals surface area contributed by atoms with Crippen molar-refractivity contribution in [2.24, 2.45) is 10.8 Å². The highest BCUT2D eigenvalue weighted by atomic mass is 14.2. The van der Waals surface area contributed by atoms with Crippen LogP contribution in [0.25, 0.3) is 0 Å². The lowest BCUT2D eigenvalue weighted by Crippen LogP contribution is -2.10. The Labute approximate surface area is 108 Å². The van der Waals surface area contributed by atoms with Crippen LogP contribution in [0.15, 0.2) is 24.3 Å². The number of hydrogen-bond acceptors (Lipinski definition) is 0. The zero-order valence-corrected chi connectivity index (χ0v) is 11.7. The minimum absolute atomic E-state index is 0. The maximum Gasteiger partial charge on any atom is -0.0230 e. The van der Waals surface area contributed by atoms with E-state index in [1.165, 1.54) is 11.1 Å². The normalized spacial score (nSPS) is 12.1. The van der Waals surface area contributed by atoms with Gasteiger partial charge in [0.05, 0.1) is 0 Å². The third kappa shape index (κ3) is 7.20. The fraction of sp³-hybridized carbons (Fsp3) is 0.647. The molecule has 0 amide bonds. The van der Waals surface area contributed by atoms with Gasteiger partial charge in [0, 0.05) is 0 Å². The summed E-state index contributed by atoms with van der Waals surface area (Å²) < 4.78 is 0. The van der Waals surface area contributed by atoms with Gasteiger partial charge >= 0.3 is 0 Å². The van der Waals surface area contributed by atoms with E-state index in [1.54, 1.807) is 0 Å². The van der Waals surface area contributed by atoms with Crippen LogP contribution >= 0.6 is 0 Å². The van der Waals surface area contributed by atoms with Crippen LogP contribution in [-0.2, 0) is 12.8 Å². The Morgan fingerprint density at radius 1 is 0.647 bits per heavy atom. The highest BCUT2D eigenvalue weighted by Gasteiger charge is 2.13. The molecule has 0 saturated carbocycles. The Morgan fingerprint density at radius 2 is 0.882 bits per heavy atom. The molecule has 0 heteroatoms. The van der Waals surface area contributed by atoms with Crippen LogP contribution in [0.4, 0.5) is 0 Å². The molecule has 98 valence electrons. The summed E-state index contributed by atoms with van der Waals surface area (Å²) in [6.07, 6.45) is 2.31. The minimum Gasteiger partial charge on any atom is -0.0776 e. The molecular weight excluding hydrogens is 204 g/mol. The molecular formula is C17H30. The van der Waals surface area contributed by atoms with E-state index in [-0.39, 0.29) is 7.43 Å². The standard InChI is InChI=1S/C16H26.CH4/c1-15(2,3)11-13-7-9-14(10-8-13)12-16(4,5)6;/h7-10H,11-12H2,1-6H3;1H4. The average Bonchev–Trinajstić information content (AvgIpc) is 2.03. The third-order valence-electron chi connectivity index (χ3n) is 2.49. The van der Waals surface area contributed by atoms with Crippen molar-refractivity contribution in [1.29, 1.82) is 0 Å². The van der Waals surface area contributed by atoms with Crippen molar-refractivity contribution in [2.75, 3.05) is 0 Å². The van der Waals surface area contributed by atoms with Crippen molar-refractivity contribution in [3.8, 4) is 0 Å². The summed E-state index contributed by atoms with van der Waals surface area (Å²) in [6, 6.07) is 9.14. The molecule has 0 aliphatic rings. The molecule has 0 radical (unpaired) electrons. The molecule has 0 N–H and O–H groups in total. The second-order valence-corrected chi connectivity index (χ2v) is 7.29. The predicted octanol–water partition coefficient (Wildman–Crippen LogP) is 5.50. The topological polar surface area (TPSA) is 0 Å². The molecule has 1 aromatic carbocycles. The molecule has 0 atom stereocenters. The van der Waals surface area contributed by atoms with Gasteiger partial charge in [-0.2, -0.15) is 0 Å². The van der Waals surface area contributed by atoms with E-state index in [2.05, 4.69) is 65.8 Å². The van der Waals surface area contributed by atoms with Crippen molar-refractivity contribution in [1.82, 2.24) is 0 Å². The van der Waals surface area contributed by atoms with Crippen LogP contribution in [0.5, 0.6) is 0 Å². The highest BCUT2D eigenvalue weighted by molar-refractivity contribution is 5.24. The van der Waals surface area contributed by atoms with Gasteiger partial charge < -0.3 is 0 Å². The second-order valence-electron chi connectivity index (χ2n) is 7.29.